The number of rotatable bonds is 4. The molecule has 0 aliphatic rings. The van der Waals surface area contributed by atoms with Gasteiger partial charge in [-0.3, -0.25) is 0 Å². The molecule has 4 nitrogen and oxygen atoms in total. The number of methoxy groups -OCH3 is 1. The maximum atomic E-state index is 6.10. The van der Waals surface area contributed by atoms with Crippen molar-refractivity contribution >= 4 is 28.1 Å². The second kappa shape index (κ2) is 5.14. The molecule has 0 saturated carbocycles. The summed E-state index contributed by atoms with van der Waals surface area (Å²) in [6, 6.07) is 5.57. The molecule has 0 saturated heterocycles. The summed E-state index contributed by atoms with van der Waals surface area (Å²) in [6.07, 6.45) is 0. The number of aromatic nitrogens is 2. The summed E-state index contributed by atoms with van der Waals surface area (Å²) < 4.78 is 5.24. The molecule has 16 heavy (non-hydrogen) atoms. The Labute approximate surface area is 102 Å². The number of nitrogens with zero attached hydrogens (tertiary/aromatic N) is 2. The van der Waals surface area contributed by atoms with Crippen molar-refractivity contribution in [2.45, 2.75) is 6.54 Å². The van der Waals surface area contributed by atoms with Crippen molar-refractivity contribution in [2.24, 2.45) is 0 Å². The second-order valence-electron chi connectivity index (χ2n) is 3.02. The average Bonchev–Trinajstić information content (AvgIpc) is 2.80. The van der Waals surface area contributed by atoms with Gasteiger partial charge in [0.15, 0.2) is 0 Å². The summed E-state index contributed by atoms with van der Waals surface area (Å²) in [5.74, 6) is 0.768. The van der Waals surface area contributed by atoms with Crippen LogP contribution in [0.5, 0.6) is 5.75 Å². The molecular weight excluding hydrogens is 246 g/mol. The van der Waals surface area contributed by atoms with Crippen LogP contribution in [0.2, 0.25) is 5.02 Å². The summed E-state index contributed by atoms with van der Waals surface area (Å²) in [5.41, 5.74) is 2.59. The summed E-state index contributed by atoms with van der Waals surface area (Å²) in [7, 11) is 1.63. The zero-order valence-corrected chi connectivity index (χ0v) is 10.2. The summed E-state index contributed by atoms with van der Waals surface area (Å²) in [5, 5.41) is 12.2. The first-order chi connectivity index (χ1) is 7.81. The van der Waals surface area contributed by atoms with Crippen LogP contribution < -0.4 is 10.1 Å². The van der Waals surface area contributed by atoms with E-state index < -0.39 is 0 Å². The Hall–Kier alpha value is -1.33. The normalized spacial score (nSPS) is 10.1. The molecule has 0 unspecified atom stereocenters. The predicted molar refractivity (Wildman–Crippen MR) is 65.2 cm³/mol. The maximum Gasteiger partial charge on any atom is 0.205 e. The van der Waals surface area contributed by atoms with Gasteiger partial charge in [0.2, 0.25) is 5.13 Å². The molecule has 0 aliphatic carbocycles. The first-order valence-electron chi connectivity index (χ1n) is 4.62. The molecule has 1 aromatic heterocycles. The quantitative estimate of drug-likeness (QED) is 0.913. The van der Waals surface area contributed by atoms with Crippen LogP contribution in [0.4, 0.5) is 5.13 Å². The van der Waals surface area contributed by atoms with E-state index in [1.54, 1.807) is 12.6 Å². The van der Waals surface area contributed by atoms with Crippen molar-refractivity contribution in [1.82, 2.24) is 10.2 Å². The highest BCUT2D eigenvalue weighted by atomic mass is 35.5. The number of nitrogens with one attached hydrogen (secondary N) is 1. The van der Waals surface area contributed by atoms with Gasteiger partial charge in [0.25, 0.3) is 0 Å². The fraction of sp³-hybridized carbons (Fsp3) is 0.200. The topological polar surface area (TPSA) is 47.0 Å². The molecule has 1 aromatic carbocycles. The van der Waals surface area contributed by atoms with E-state index in [2.05, 4.69) is 15.5 Å². The van der Waals surface area contributed by atoms with E-state index in [-0.39, 0.29) is 0 Å². The zero-order valence-electron chi connectivity index (χ0n) is 8.61. The van der Waals surface area contributed by atoms with Gasteiger partial charge in [0.05, 0.1) is 7.11 Å². The lowest BCUT2D eigenvalue weighted by atomic mass is 10.2. The second-order valence-corrected chi connectivity index (χ2v) is 4.26. The highest BCUT2D eigenvalue weighted by Gasteiger charge is 2.07. The van der Waals surface area contributed by atoms with E-state index in [4.69, 9.17) is 16.3 Å². The number of anilines is 1. The van der Waals surface area contributed by atoms with Gasteiger partial charge < -0.3 is 10.1 Å². The highest BCUT2D eigenvalue weighted by molar-refractivity contribution is 7.13. The van der Waals surface area contributed by atoms with Crippen molar-refractivity contribution in [1.29, 1.82) is 0 Å². The SMILES string of the molecule is COc1cccc(Cl)c1CNc1nncs1. The number of hydrogen-bond donors (Lipinski definition) is 1. The van der Waals surface area contributed by atoms with Gasteiger partial charge in [-0.2, -0.15) is 0 Å². The van der Waals surface area contributed by atoms with E-state index >= 15 is 0 Å². The van der Waals surface area contributed by atoms with E-state index in [9.17, 15) is 0 Å². The summed E-state index contributed by atoms with van der Waals surface area (Å²) in [6.45, 7) is 0.568. The summed E-state index contributed by atoms with van der Waals surface area (Å²) >= 11 is 7.54. The highest BCUT2D eigenvalue weighted by Crippen LogP contribution is 2.27. The minimum atomic E-state index is 0.568. The number of benzene rings is 1. The lowest BCUT2D eigenvalue weighted by Gasteiger charge is -2.10. The van der Waals surface area contributed by atoms with Crippen molar-refractivity contribution < 1.29 is 4.74 Å². The molecule has 0 fully saturated rings. The van der Waals surface area contributed by atoms with Crippen LogP contribution in [0.1, 0.15) is 5.56 Å². The van der Waals surface area contributed by atoms with Gasteiger partial charge in [-0.25, -0.2) is 0 Å². The third-order valence-corrected chi connectivity index (χ3v) is 3.08. The predicted octanol–water partition coefficient (Wildman–Crippen LogP) is 2.81. The fourth-order valence-electron chi connectivity index (χ4n) is 1.32. The zero-order chi connectivity index (χ0) is 11.4. The van der Waals surface area contributed by atoms with Crippen molar-refractivity contribution in [2.75, 3.05) is 12.4 Å². The maximum absolute atomic E-state index is 6.10. The van der Waals surface area contributed by atoms with Crippen LogP contribution in [0, 0.1) is 0 Å². The Kier molecular flexibility index (Phi) is 3.58. The van der Waals surface area contributed by atoms with E-state index in [1.165, 1.54) is 11.3 Å². The number of ether oxygens (including phenoxy) is 1. The third kappa shape index (κ3) is 2.43. The minimum Gasteiger partial charge on any atom is -0.496 e. The van der Waals surface area contributed by atoms with E-state index in [1.807, 2.05) is 18.2 Å². The molecule has 0 atom stereocenters. The smallest absolute Gasteiger partial charge is 0.205 e. The molecule has 0 spiro atoms. The standard InChI is InChI=1S/C10H10ClN3OS/c1-15-9-4-2-3-8(11)7(9)5-12-10-14-13-6-16-10/h2-4,6H,5H2,1H3,(H,12,14). The Balaban J connectivity index is 2.14. The molecule has 84 valence electrons. The van der Waals surface area contributed by atoms with Crippen LogP contribution >= 0.6 is 22.9 Å². The van der Waals surface area contributed by atoms with Gasteiger partial charge in [0.1, 0.15) is 11.3 Å². The van der Waals surface area contributed by atoms with Crippen molar-refractivity contribution in [3.8, 4) is 5.75 Å². The minimum absolute atomic E-state index is 0.568. The number of halogens is 1. The Bertz CT molecular complexity index is 461. The first kappa shape index (κ1) is 11.2. The van der Waals surface area contributed by atoms with Gasteiger partial charge >= 0.3 is 0 Å². The Morgan fingerprint density at radius 3 is 3.06 bits per heavy atom. The average molecular weight is 256 g/mol. The Morgan fingerprint density at radius 1 is 1.50 bits per heavy atom. The molecule has 2 rings (SSSR count). The lowest BCUT2D eigenvalue weighted by molar-refractivity contribution is 0.410. The third-order valence-electron chi connectivity index (χ3n) is 2.07. The largest absolute Gasteiger partial charge is 0.496 e. The number of hydrogen-bond acceptors (Lipinski definition) is 5. The molecule has 0 bridgehead atoms. The molecular formula is C10H10ClN3OS. The van der Waals surface area contributed by atoms with Crippen molar-refractivity contribution in [3.63, 3.8) is 0 Å². The van der Waals surface area contributed by atoms with Gasteiger partial charge in [0, 0.05) is 17.1 Å². The monoisotopic (exact) mass is 255 g/mol. The van der Waals surface area contributed by atoms with E-state index in [0.29, 0.717) is 11.6 Å². The molecule has 0 aliphatic heterocycles. The molecule has 6 heteroatoms. The van der Waals surface area contributed by atoms with Gasteiger partial charge in [-0.15, -0.1) is 10.2 Å². The fourth-order valence-corrected chi connectivity index (χ4v) is 1.99. The summed E-state index contributed by atoms with van der Waals surface area (Å²) in [4.78, 5) is 0. The van der Waals surface area contributed by atoms with Gasteiger partial charge in [-0.05, 0) is 12.1 Å². The molecule has 2 aromatic rings. The van der Waals surface area contributed by atoms with Crippen LogP contribution in [0.25, 0.3) is 0 Å². The van der Waals surface area contributed by atoms with E-state index in [0.717, 1.165) is 16.4 Å². The van der Waals surface area contributed by atoms with Crippen LogP contribution in [0.3, 0.4) is 0 Å². The molecule has 0 amide bonds. The van der Waals surface area contributed by atoms with Crippen LogP contribution in [-0.2, 0) is 6.54 Å². The van der Waals surface area contributed by atoms with Crippen molar-refractivity contribution in [3.05, 3.63) is 34.3 Å². The molecule has 0 radical (unpaired) electrons. The first-order valence-corrected chi connectivity index (χ1v) is 5.88. The van der Waals surface area contributed by atoms with Gasteiger partial charge in [-0.1, -0.05) is 29.0 Å². The van der Waals surface area contributed by atoms with Crippen LogP contribution in [0.15, 0.2) is 23.7 Å². The van der Waals surface area contributed by atoms with Crippen LogP contribution in [-0.4, -0.2) is 17.3 Å². The molecule has 1 heterocycles. The Morgan fingerprint density at radius 2 is 2.38 bits per heavy atom. The lowest BCUT2D eigenvalue weighted by Crippen LogP contribution is -2.02. The molecule has 1 N–H and O–H groups in total.